The van der Waals surface area contributed by atoms with Crippen LogP contribution in [0.3, 0.4) is 0 Å². The van der Waals surface area contributed by atoms with Crippen molar-refractivity contribution in [2.24, 2.45) is 0 Å². The fraction of sp³-hybridized carbons (Fsp3) is 0.667. The molecule has 3 aliphatic rings. The van der Waals surface area contributed by atoms with Gasteiger partial charge in [0.05, 0.1) is 18.6 Å². The number of imidazole rings is 1. The first kappa shape index (κ1) is 11.9. The van der Waals surface area contributed by atoms with E-state index in [-0.39, 0.29) is 0 Å². The molecule has 6 nitrogen and oxygen atoms in total. The molecule has 0 bridgehead atoms. The van der Waals surface area contributed by atoms with Crippen LogP contribution in [0, 0.1) is 0 Å². The topological polar surface area (TPSA) is 60.0 Å². The summed E-state index contributed by atoms with van der Waals surface area (Å²) in [5, 5.41) is 8.35. The van der Waals surface area contributed by atoms with Crippen LogP contribution in [-0.4, -0.2) is 31.2 Å². The molecule has 0 saturated heterocycles. The van der Waals surface area contributed by atoms with Crippen molar-refractivity contribution in [3.63, 3.8) is 0 Å². The van der Waals surface area contributed by atoms with Crippen LogP contribution in [0.1, 0.15) is 60.8 Å². The fourth-order valence-electron chi connectivity index (χ4n) is 3.20. The molecule has 0 aromatic carbocycles. The molecule has 21 heavy (non-hydrogen) atoms. The summed E-state index contributed by atoms with van der Waals surface area (Å²) in [5.41, 5.74) is 2.67. The summed E-state index contributed by atoms with van der Waals surface area (Å²) in [6.07, 6.45) is 8.15. The van der Waals surface area contributed by atoms with Gasteiger partial charge in [-0.3, -0.25) is 4.90 Å². The summed E-state index contributed by atoms with van der Waals surface area (Å²) in [6.45, 7) is 2.69. The quantitative estimate of drug-likeness (QED) is 0.860. The highest BCUT2D eigenvalue weighted by Gasteiger charge is 2.31. The summed E-state index contributed by atoms with van der Waals surface area (Å²) in [5.74, 6) is 2.12. The maximum absolute atomic E-state index is 5.76. The van der Waals surface area contributed by atoms with Crippen molar-refractivity contribution in [2.45, 2.75) is 57.2 Å². The Bertz CT molecular complexity index is 667. The molecule has 0 unspecified atom stereocenters. The van der Waals surface area contributed by atoms with Crippen LogP contribution in [0.25, 0.3) is 0 Å². The van der Waals surface area contributed by atoms with E-state index >= 15 is 0 Å². The molecule has 1 aliphatic heterocycles. The third-order valence-corrected chi connectivity index (χ3v) is 4.73. The molecule has 0 spiro atoms. The average Bonchev–Trinajstić information content (AvgIpc) is 3.43. The summed E-state index contributed by atoms with van der Waals surface area (Å²) in [7, 11) is 0. The van der Waals surface area contributed by atoms with Crippen molar-refractivity contribution in [3.8, 4) is 0 Å². The highest BCUT2D eigenvalue weighted by atomic mass is 16.4. The van der Waals surface area contributed by atoms with Gasteiger partial charge in [0.25, 0.3) is 0 Å². The lowest BCUT2D eigenvalue weighted by Gasteiger charge is -2.25. The molecule has 0 N–H and O–H groups in total. The van der Waals surface area contributed by atoms with Gasteiger partial charge in [-0.15, -0.1) is 10.2 Å². The zero-order valence-electron chi connectivity index (χ0n) is 12.0. The molecule has 0 amide bonds. The van der Waals surface area contributed by atoms with Crippen LogP contribution >= 0.6 is 0 Å². The van der Waals surface area contributed by atoms with E-state index < -0.39 is 0 Å². The maximum Gasteiger partial charge on any atom is 0.230 e. The third-order valence-electron chi connectivity index (χ3n) is 4.73. The first-order chi connectivity index (χ1) is 10.4. The van der Waals surface area contributed by atoms with Gasteiger partial charge < -0.3 is 8.98 Å². The SMILES string of the molecule is c1nc2c(n1C1CC1)CCN(Cc1nnc(C3CC3)o1)C2. The van der Waals surface area contributed by atoms with Crippen LogP contribution in [0.15, 0.2) is 10.7 Å². The predicted molar refractivity (Wildman–Crippen MR) is 74.6 cm³/mol. The Morgan fingerprint density at radius 3 is 2.90 bits per heavy atom. The van der Waals surface area contributed by atoms with Crippen molar-refractivity contribution >= 4 is 0 Å². The van der Waals surface area contributed by atoms with Gasteiger partial charge in [-0.1, -0.05) is 0 Å². The van der Waals surface area contributed by atoms with Crippen molar-refractivity contribution in [3.05, 3.63) is 29.5 Å². The van der Waals surface area contributed by atoms with E-state index in [4.69, 9.17) is 4.42 Å². The normalized spacial score (nSPS) is 22.5. The summed E-state index contributed by atoms with van der Waals surface area (Å²) >= 11 is 0. The van der Waals surface area contributed by atoms with E-state index in [1.807, 2.05) is 6.33 Å². The molecule has 2 saturated carbocycles. The Labute approximate surface area is 123 Å². The maximum atomic E-state index is 5.76. The second-order valence-corrected chi connectivity index (χ2v) is 6.55. The predicted octanol–water partition coefficient (Wildman–Crippen LogP) is 2.04. The summed E-state index contributed by atoms with van der Waals surface area (Å²) in [6, 6.07) is 0.727. The van der Waals surface area contributed by atoms with Crippen molar-refractivity contribution in [1.82, 2.24) is 24.6 Å². The molecule has 6 heteroatoms. The molecule has 2 aliphatic carbocycles. The molecule has 3 heterocycles. The van der Waals surface area contributed by atoms with E-state index in [2.05, 4.69) is 24.6 Å². The second-order valence-electron chi connectivity index (χ2n) is 6.55. The fourth-order valence-corrected chi connectivity index (χ4v) is 3.20. The lowest BCUT2D eigenvalue weighted by Crippen LogP contribution is -2.31. The molecule has 110 valence electrons. The average molecular weight is 285 g/mol. The summed E-state index contributed by atoms with van der Waals surface area (Å²) in [4.78, 5) is 6.97. The van der Waals surface area contributed by atoms with E-state index in [0.717, 1.165) is 43.9 Å². The molecule has 0 atom stereocenters. The van der Waals surface area contributed by atoms with E-state index in [1.165, 1.54) is 37.1 Å². The zero-order valence-corrected chi connectivity index (χ0v) is 12.0. The Morgan fingerprint density at radius 2 is 2.10 bits per heavy atom. The highest BCUT2D eigenvalue weighted by Crippen LogP contribution is 2.39. The van der Waals surface area contributed by atoms with Crippen molar-refractivity contribution in [2.75, 3.05) is 6.54 Å². The van der Waals surface area contributed by atoms with Gasteiger partial charge in [0.15, 0.2) is 0 Å². The Kier molecular flexibility index (Phi) is 2.50. The van der Waals surface area contributed by atoms with Gasteiger partial charge in [-0.05, 0) is 25.7 Å². The summed E-state index contributed by atoms with van der Waals surface area (Å²) < 4.78 is 8.16. The number of nitrogens with zero attached hydrogens (tertiary/aromatic N) is 5. The van der Waals surface area contributed by atoms with Crippen LogP contribution in [-0.2, 0) is 19.5 Å². The van der Waals surface area contributed by atoms with Crippen molar-refractivity contribution in [1.29, 1.82) is 0 Å². The van der Waals surface area contributed by atoms with E-state index in [9.17, 15) is 0 Å². The minimum atomic E-state index is 0.536. The monoisotopic (exact) mass is 285 g/mol. The number of hydrogen-bond donors (Lipinski definition) is 0. The molecule has 2 aromatic heterocycles. The number of hydrogen-bond acceptors (Lipinski definition) is 5. The lowest BCUT2D eigenvalue weighted by molar-refractivity contribution is 0.214. The standard InChI is InChI=1S/C15H19N5O/c1-2-10(1)15-18-17-14(21-15)8-19-6-5-13-12(7-19)16-9-20(13)11-3-4-11/h9-11H,1-8H2. The van der Waals surface area contributed by atoms with Crippen LogP contribution < -0.4 is 0 Å². The lowest BCUT2D eigenvalue weighted by atomic mass is 10.1. The Morgan fingerprint density at radius 1 is 1.19 bits per heavy atom. The molecule has 2 aromatic rings. The van der Waals surface area contributed by atoms with E-state index in [0.29, 0.717) is 5.92 Å². The molecule has 0 radical (unpaired) electrons. The second kappa shape index (κ2) is 4.40. The molecular formula is C15H19N5O. The Balaban J connectivity index is 1.29. The minimum Gasteiger partial charge on any atom is -0.424 e. The van der Waals surface area contributed by atoms with Gasteiger partial charge >= 0.3 is 0 Å². The van der Waals surface area contributed by atoms with Gasteiger partial charge in [-0.2, -0.15) is 0 Å². The molecule has 5 rings (SSSR count). The smallest absolute Gasteiger partial charge is 0.230 e. The number of aromatic nitrogens is 4. The first-order valence-corrected chi connectivity index (χ1v) is 7.96. The highest BCUT2D eigenvalue weighted by molar-refractivity contribution is 5.18. The van der Waals surface area contributed by atoms with Gasteiger partial charge in [-0.25, -0.2) is 4.98 Å². The zero-order chi connectivity index (χ0) is 13.8. The van der Waals surface area contributed by atoms with Gasteiger partial charge in [0, 0.05) is 37.2 Å². The molecular weight excluding hydrogens is 266 g/mol. The third kappa shape index (κ3) is 2.18. The van der Waals surface area contributed by atoms with E-state index in [1.54, 1.807) is 0 Å². The number of fused-ring (bicyclic) bond motifs is 1. The van der Waals surface area contributed by atoms with Gasteiger partial charge in [0.2, 0.25) is 11.8 Å². The Hall–Kier alpha value is -1.69. The van der Waals surface area contributed by atoms with Crippen LogP contribution in [0.2, 0.25) is 0 Å². The van der Waals surface area contributed by atoms with Crippen LogP contribution in [0.4, 0.5) is 0 Å². The largest absolute Gasteiger partial charge is 0.424 e. The van der Waals surface area contributed by atoms with Crippen LogP contribution in [0.5, 0.6) is 0 Å². The van der Waals surface area contributed by atoms with Crippen molar-refractivity contribution < 1.29 is 4.42 Å². The van der Waals surface area contributed by atoms with Gasteiger partial charge in [0.1, 0.15) is 0 Å². The number of rotatable bonds is 4. The molecule has 2 fully saturated rings. The minimum absolute atomic E-state index is 0.536. The first-order valence-electron chi connectivity index (χ1n) is 7.96.